The summed E-state index contributed by atoms with van der Waals surface area (Å²) in [6, 6.07) is -0.362. The highest BCUT2D eigenvalue weighted by molar-refractivity contribution is 5.76. The van der Waals surface area contributed by atoms with Gasteiger partial charge in [-0.3, -0.25) is 4.79 Å². The van der Waals surface area contributed by atoms with Crippen LogP contribution in [-0.4, -0.2) is 18.1 Å². The summed E-state index contributed by atoms with van der Waals surface area (Å²) >= 11 is 0. The molecule has 15 heavy (non-hydrogen) atoms. The number of carbonyl (C=O) groups excluding carboxylic acids is 1. The Morgan fingerprint density at radius 2 is 1.93 bits per heavy atom. The van der Waals surface area contributed by atoms with E-state index in [-0.39, 0.29) is 18.1 Å². The zero-order chi connectivity index (χ0) is 10.8. The quantitative estimate of drug-likeness (QED) is 0.725. The molecule has 2 rings (SSSR count). The normalized spacial score (nSPS) is 33.5. The lowest BCUT2D eigenvalue weighted by Crippen LogP contribution is -2.39. The number of esters is 1. The summed E-state index contributed by atoms with van der Waals surface area (Å²) in [4.78, 5) is 11.7. The van der Waals surface area contributed by atoms with Gasteiger partial charge in [0.1, 0.15) is 12.1 Å². The van der Waals surface area contributed by atoms with E-state index >= 15 is 0 Å². The summed E-state index contributed by atoms with van der Waals surface area (Å²) in [6.07, 6.45) is 6.95. The van der Waals surface area contributed by atoms with Crippen molar-refractivity contribution in [1.29, 1.82) is 0 Å². The van der Waals surface area contributed by atoms with Gasteiger partial charge in [0.05, 0.1) is 0 Å². The largest absolute Gasteiger partial charge is 0.461 e. The molecule has 0 spiro atoms. The second-order valence-corrected chi connectivity index (χ2v) is 5.10. The van der Waals surface area contributed by atoms with E-state index in [9.17, 15) is 4.79 Å². The third-order valence-corrected chi connectivity index (χ3v) is 3.70. The molecule has 3 nitrogen and oxygen atoms in total. The summed E-state index contributed by atoms with van der Waals surface area (Å²) in [6.45, 7) is 2.17. The van der Waals surface area contributed by atoms with Crippen LogP contribution in [0.3, 0.4) is 0 Å². The predicted molar refractivity (Wildman–Crippen MR) is 58.2 cm³/mol. The van der Waals surface area contributed by atoms with Crippen LogP contribution < -0.4 is 5.73 Å². The highest BCUT2D eigenvalue weighted by atomic mass is 16.5. The Kier molecular flexibility index (Phi) is 3.29. The second-order valence-electron chi connectivity index (χ2n) is 5.10. The number of hydrogen-bond donors (Lipinski definition) is 1. The molecule has 2 fully saturated rings. The Labute approximate surface area is 91.4 Å². The first-order valence-corrected chi connectivity index (χ1v) is 6.14. The fourth-order valence-corrected chi connectivity index (χ4v) is 2.33. The maximum atomic E-state index is 11.7. The molecule has 0 aromatic heterocycles. The van der Waals surface area contributed by atoms with Crippen molar-refractivity contribution < 1.29 is 9.53 Å². The number of hydrogen-bond acceptors (Lipinski definition) is 3. The molecule has 2 aliphatic rings. The van der Waals surface area contributed by atoms with Crippen LogP contribution in [0.1, 0.15) is 45.4 Å². The van der Waals surface area contributed by atoms with Gasteiger partial charge in [0, 0.05) is 0 Å². The van der Waals surface area contributed by atoms with Gasteiger partial charge in [-0.2, -0.15) is 0 Å². The van der Waals surface area contributed by atoms with Crippen molar-refractivity contribution in [3.8, 4) is 0 Å². The molecule has 0 saturated heterocycles. The molecule has 86 valence electrons. The molecule has 3 unspecified atom stereocenters. The van der Waals surface area contributed by atoms with E-state index in [0.29, 0.717) is 11.8 Å². The molecule has 0 aliphatic heterocycles. The van der Waals surface area contributed by atoms with Crippen molar-refractivity contribution in [2.24, 2.45) is 17.6 Å². The lowest BCUT2D eigenvalue weighted by atomic mass is 9.88. The number of carbonyl (C=O) groups is 1. The molecule has 0 amide bonds. The van der Waals surface area contributed by atoms with Crippen molar-refractivity contribution in [1.82, 2.24) is 0 Å². The van der Waals surface area contributed by atoms with Crippen molar-refractivity contribution in [3.63, 3.8) is 0 Å². The average molecular weight is 211 g/mol. The Bertz CT molecular complexity index is 238. The minimum Gasteiger partial charge on any atom is -0.461 e. The summed E-state index contributed by atoms with van der Waals surface area (Å²) in [5, 5.41) is 0. The average Bonchev–Trinajstić information content (AvgIpc) is 3.04. The fraction of sp³-hybridized carbons (Fsp3) is 0.917. The van der Waals surface area contributed by atoms with Crippen molar-refractivity contribution in [3.05, 3.63) is 0 Å². The van der Waals surface area contributed by atoms with Crippen LogP contribution in [0.4, 0.5) is 0 Å². The molecule has 2 aliphatic carbocycles. The summed E-state index contributed by atoms with van der Waals surface area (Å²) in [5.74, 6) is 0.738. The first-order valence-electron chi connectivity index (χ1n) is 6.14. The first-order chi connectivity index (χ1) is 7.18. The third-order valence-electron chi connectivity index (χ3n) is 3.70. The van der Waals surface area contributed by atoms with Gasteiger partial charge in [-0.05, 0) is 43.9 Å². The molecule has 0 heterocycles. The highest BCUT2D eigenvalue weighted by Crippen LogP contribution is 2.33. The van der Waals surface area contributed by atoms with Crippen LogP contribution in [0.15, 0.2) is 0 Å². The van der Waals surface area contributed by atoms with Crippen LogP contribution >= 0.6 is 0 Å². The maximum Gasteiger partial charge on any atom is 0.323 e. The van der Waals surface area contributed by atoms with Crippen LogP contribution in [0, 0.1) is 11.8 Å². The minimum atomic E-state index is -0.362. The Balaban J connectivity index is 1.81. The third kappa shape index (κ3) is 2.71. The van der Waals surface area contributed by atoms with Crippen molar-refractivity contribution in [2.75, 3.05) is 0 Å². The predicted octanol–water partition coefficient (Wildman–Crippen LogP) is 1.85. The second kappa shape index (κ2) is 4.52. The van der Waals surface area contributed by atoms with Crippen molar-refractivity contribution >= 4 is 5.97 Å². The van der Waals surface area contributed by atoms with E-state index in [0.717, 1.165) is 19.3 Å². The lowest BCUT2D eigenvalue weighted by Gasteiger charge is -2.29. The fourth-order valence-electron chi connectivity index (χ4n) is 2.33. The molecular weight excluding hydrogens is 190 g/mol. The van der Waals surface area contributed by atoms with E-state index < -0.39 is 0 Å². The van der Waals surface area contributed by atoms with Gasteiger partial charge in [-0.25, -0.2) is 0 Å². The number of rotatable bonds is 3. The van der Waals surface area contributed by atoms with Gasteiger partial charge in [0.2, 0.25) is 0 Å². The van der Waals surface area contributed by atoms with Crippen molar-refractivity contribution in [2.45, 2.75) is 57.6 Å². The van der Waals surface area contributed by atoms with Crippen LogP contribution in [0.5, 0.6) is 0 Å². The molecule has 2 N–H and O–H groups in total. The first kappa shape index (κ1) is 10.9. The molecule has 0 aromatic carbocycles. The van der Waals surface area contributed by atoms with E-state index in [1.165, 1.54) is 19.3 Å². The topological polar surface area (TPSA) is 52.3 Å². The zero-order valence-electron chi connectivity index (χ0n) is 9.45. The minimum absolute atomic E-state index is 0.121. The van der Waals surface area contributed by atoms with Gasteiger partial charge < -0.3 is 10.5 Å². The Hall–Kier alpha value is -0.570. The van der Waals surface area contributed by atoms with Crippen LogP contribution in [0.2, 0.25) is 0 Å². The van der Waals surface area contributed by atoms with Gasteiger partial charge in [0.15, 0.2) is 0 Å². The van der Waals surface area contributed by atoms with Gasteiger partial charge >= 0.3 is 5.97 Å². The molecule has 0 radical (unpaired) electrons. The Morgan fingerprint density at radius 3 is 2.53 bits per heavy atom. The van der Waals surface area contributed by atoms with E-state index in [4.69, 9.17) is 10.5 Å². The standard InChI is InChI=1S/C12H21NO2/c1-8-4-2-3-5-10(8)15-12(14)11(13)9-6-7-9/h8-11H,2-7,13H2,1H3. The number of ether oxygens (including phenoxy) is 1. The molecule has 3 heteroatoms. The summed E-state index contributed by atoms with van der Waals surface area (Å²) in [5.41, 5.74) is 5.81. The van der Waals surface area contributed by atoms with Gasteiger partial charge in [-0.1, -0.05) is 13.3 Å². The monoisotopic (exact) mass is 211 g/mol. The summed E-state index contributed by atoms with van der Waals surface area (Å²) in [7, 11) is 0. The van der Waals surface area contributed by atoms with Crippen LogP contribution in [-0.2, 0) is 9.53 Å². The molecule has 3 atom stereocenters. The smallest absolute Gasteiger partial charge is 0.323 e. The number of nitrogens with two attached hydrogens (primary N) is 1. The van der Waals surface area contributed by atoms with Gasteiger partial charge in [-0.15, -0.1) is 0 Å². The van der Waals surface area contributed by atoms with Crippen LogP contribution in [0.25, 0.3) is 0 Å². The molecule has 0 aromatic rings. The van der Waals surface area contributed by atoms with E-state index in [1.807, 2.05) is 0 Å². The highest BCUT2D eigenvalue weighted by Gasteiger charge is 2.36. The van der Waals surface area contributed by atoms with E-state index in [2.05, 4.69) is 6.92 Å². The molecule has 0 bridgehead atoms. The van der Waals surface area contributed by atoms with Gasteiger partial charge in [0.25, 0.3) is 0 Å². The van der Waals surface area contributed by atoms with E-state index in [1.54, 1.807) is 0 Å². The molecular formula is C12H21NO2. The zero-order valence-corrected chi connectivity index (χ0v) is 9.45. The SMILES string of the molecule is CC1CCCCC1OC(=O)C(N)C1CC1. The molecule has 2 saturated carbocycles. The maximum absolute atomic E-state index is 11.7. The Morgan fingerprint density at radius 1 is 1.27 bits per heavy atom. The lowest BCUT2D eigenvalue weighted by molar-refractivity contribution is -0.155. The summed E-state index contributed by atoms with van der Waals surface area (Å²) < 4.78 is 5.50.